The largest absolute Gasteiger partial charge is 0.494 e. The molecule has 3 amide bonds. The average molecular weight is 1010 g/mol. The van der Waals surface area contributed by atoms with Gasteiger partial charge in [0.05, 0.1) is 47.3 Å². The van der Waals surface area contributed by atoms with Gasteiger partial charge in [0.1, 0.15) is 29.2 Å². The number of hydrogen-bond donors (Lipinski definition) is 5. The number of sulfonamides is 1. The molecule has 2 aromatic heterocycles. The van der Waals surface area contributed by atoms with Crippen molar-refractivity contribution in [3.05, 3.63) is 107 Å². The highest BCUT2D eigenvalue weighted by molar-refractivity contribution is 7.92. The first-order chi connectivity index (χ1) is 33.1. The number of thiazole rings is 1. The zero-order valence-corrected chi connectivity index (χ0v) is 41.3. The molecule has 0 aliphatic carbocycles. The predicted molar refractivity (Wildman–Crippen MR) is 261 cm³/mol. The van der Waals surface area contributed by atoms with Gasteiger partial charge < -0.3 is 40.7 Å². The van der Waals surface area contributed by atoms with Crippen LogP contribution in [0.2, 0.25) is 0 Å². The van der Waals surface area contributed by atoms with Gasteiger partial charge in [0, 0.05) is 64.4 Å². The van der Waals surface area contributed by atoms with E-state index in [0.717, 1.165) is 32.3 Å². The van der Waals surface area contributed by atoms with E-state index in [9.17, 15) is 41.1 Å². The van der Waals surface area contributed by atoms with Crippen LogP contribution in [0.1, 0.15) is 62.4 Å². The molecule has 17 nitrogen and oxygen atoms in total. The van der Waals surface area contributed by atoms with E-state index in [1.165, 1.54) is 11.9 Å². The van der Waals surface area contributed by atoms with Crippen LogP contribution in [0.5, 0.6) is 5.75 Å². The molecule has 1 aliphatic heterocycles. The standard InChI is InChI=1S/C48H58F3N9O8S2/c1-30-41(69-29-55-30)33-13-11-31(12-14-33)25-53-44(63)39-24-36(61)28-60(39)45(64)42(47(2,3)4)57-40(62)19-22-67-20-8-21-68-37-17-15-34(16-18-37)56-46-54-27-38(48(49,50)51)43(58-46)52-26-32-9-7-10-35(23-32)59(5)70(6,65)66/h7,9-18,23,27,29,36,39,42,61H,8,19-22,24-26,28H2,1-6H3,(H,53,63)(H,57,62)(H2,52,54,56,58). The summed E-state index contributed by atoms with van der Waals surface area (Å²) in [5, 5.41) is 21.9. The number of aromatic nitrogens is 3. The minimum absolute atomic E-state index is 0.0255. The number of amides is 3. The number of rotatable bonds is 21. The number of ether oxygens (including phenoxy) is 2. The van der Waals surface area contributed by atoms with Crippen molar-refractivity contribution < 1.29 is 50.6 Å². The highest BCUT2D eigenvalue weighted by atomic mass is 32.2. The molecular weight excluding hydrogens is 952 g/mol. The molecule has 3 heterocycles. The van der Waals surface area contributed by atoms with Crippen molar-refractivity contribution in [2.75, 3.05) is 54.6 Å². The van der Waals surface area contributed by atoms with Gasteiger partial charge in [-0.05, 0) is 65.4 Å². The quantitative estimate of drug-likeness (QED) is 0.0487. The minimum atomic E-state index is -4.75. The summed E-state index contributed by atoms with van der Waals surface area (Å²) in [5.41, 5.74) is 4.20. The lowest BCUT2D eigenvalue weighted by Gasteiger charge is -2.35. The molecule has 22 heteroatoms. The summed E-state index contributed by atoms with van der Waals surface area (Å²) in [6.07, 6.45) is -3.39. The Morgan fingerprint density at radius 1 is 0.971 bits per heavy atom. The van der Waals surface area contributed by atoms with Crippen molar-refractivity contribution in [3.8, 4) is 16.2 Å². The Morgan fingerprint density at radius 3 is 2.36 bits per heavy atom. The Kier molecular flexibility index (Phi) is 17.4. The molecule has 3 aromatic carbocycles. The number of carbonyl (C=O) groups is 3. The van der Waals surface area contributed by atoms with Crippen molar-refractivity contribution in [2.24, 2.45) is 5.41 Å². The van der Waals surface area contributed by atoms with E-state index in [4.69, 9.17) is 9.47 Å². The molecule has 5 aromatic rings. The first-order valence-corrected chi connectivity index (χ1v) is 25.1. The van der Waals surface area contributed by atoms with Crippen LogP contribution in [-0.4, -0.2) is 109 Å². The van der Waals surface area contributed by atoms with Crippen LogP contribution in [0.3, 0.4) is 0 Å². The second-order valence-electron chi connectivity index (χ2n) is 17.9. The van der Waals surface area contributed by atoms with Gasteiger partial charge >= 0.3 is 6.18 Å². The molecule has 70 heavy (non-hydrogen) atoms. The summed E-state index contributed by atoms with van der Waals surface area (Å²) in [7, 11) is -2.17. The highest BCUT2D eigenvalue weighted by Gasteiger charge is 2.44. The predicted octanol–water partition coefficient (Wildman–Crippen LogP) is 6.66. The molecular formula is C48H58F3N9O8S2. The third kappa shape index (κ3) is 14.6. The van der Waals surface area contributed by atoms with Crippen LogP contribution in [0.25, 0.3) is 10.4 Å². The third-order valence-electron chi connectivity index (χ3n) is 11.3. The number of nitrogens with one attached hydrogen (secondary N) is 4. The van der Waals surface area contributed by atoms with Gasteiger partial charge in [-0.1, -0.05) is 57.2 Å². The number of β-amino-alcohol motifs (C(OH)–C–C–N with tert-alkyl or cyclic N) is 1. The van der Waals surface area contributed by atoms with Gasteiger partial charge in [-0.25, -0.2) is 18.4 Å². The summed E-state index contributed by atoms with van der Waals surface area (Å²) in [6.45, 7) is 8.13. The first-order valence-electron chi connectivity index (χ1n) is 22.4. The number of nitrogens with zero attached hydrogens (tertiary/aromatic N) is 5. The Labute approximate surface area is 409 Å². The Hall–Kier alpha value is -6.36. The number of aryl methyl sites for hydroxylation is 1. The van der Waals surface area contributed by atoms with E-state index in [1.807, 2.05) is 52.0 Å². The number of alkyl halides is 3. The SMILES string of the molecule is Cc1ncsc1-c1ccc(CNC(=O)C2CC(O)CN2C(=O)C(NC(=O)CCOCCCOc2ccc(Nc3ncc(C(F)(F)F)c(NCc4cccc(N(C)S(C)(=O)=O)c4)n3)cc2)C(C)(C)C)cc1. The van der Waals surface area contributed by atoms with E-state index >= 15 is 0 Å². The summed E-state index contributed by atoms with van der Waals surface area (Å²) in [4.78, 5) is 55.2. The Bertz CT molecular complexity index is 2700. The number of benzene rings is 3. The molecule has 0 bridgehead atoms. The molecule has 5 N–H and O–H groups in total. The first kappa shape index (κ1) is 53.0. The molecule has 3 atom stereocenters. The molecule has 1 aliphatic rings. The third-order valence-corrected chi connectivity index (χ3v) is 13.5. The average Bonchev–Trinajstić information content (AvgIpc) is 3.93. The van der Waals surface area contributed by atoms with Gasteiger partial charge in [-0.2, -0.15) is 18.2 Å². The monoisotopic (exact) mass is 1010 g/mol. The van der Waals surface area contributed by atoms with E-state index in [-0.39, 0.29) is 58.2 Å². The number of aliphatic hydroxyl groups is 1. The molecule has 0 spiro atoms. The van der Waals surface area contributed by atoms with Gasteiger partial charge in [0.25, 0.3) is 0 Å². The smallest absolute Gasteiger partial charge is 0.421 e. The fourth-order valence-corrected chi connectivity index (χ4v) is 8.73. The molecule has 1 fully saturated rings. The van der Waals surface area contributed by atoms with Gasteiger partial charge in [0.2, 0.25) is 33.7 Å². The lowest BCUT2D eigenvalue weighted by atomic mass is 9.85. The van der Waals surface area contributed by atoms with Gasteiger partial charge in [-0.15, -0.1) is 11.3 Å². The maximum Gasteiger partial charge on any atom is 0.421 e. The normalized spacial score (nSPS) is 15.5. The minimum Gasteiger partial charge on any atom is -0.494 e. The molecule has 376 valence electrons. The lowest BCUT2D eigenvalue weighted by Crippen LogP contribution is -2.57. The van der Waals surface area contributed by atoms with Crippen LogP contribution < -0.4 is 30.3 Å². The topological polar surface area (TPSA) is 217 Å². The number of aliphatic hydroxyl groups excluding tert-OH is 1. The van der Waals surface area contributed by atoms with Crippen LogP contribution >= 0.6 is 11.3 Å². The summed E-state index contributed by atoms with van der Waals surface area (Å²) >= 11 is 1.56. The molecule has 1 saturated heterocycles. The van der Waals surface area contributed by atoms with Crippen molar-refractivity contribution >= 4 is 62.2 Å². The highest BCUT2D eigenvalue weighted by Crippen LogP contribution is 2.35. The van der Waals surface area contributed by atoms with Gasteiger partial charge in [0.15, 0.2) is 0 Å². The maximum absolute atomic E-state index is 14.0. The van der Waals surface area contributed by atoms with Gasteiger partial charge in [-0.3, -0.25) is 18.7 Å². The summed E-state index contributed by atoms with van der Waals surface area (Å²) in [6, 6.07) is 18.9. The second kappa shape index (κ2) is 23.0. The van der Waals surface area contributed by atoms with Crippen LogP contribution in [-0.2, 0) is 48.4 Å². The van der Waals surface area contributed by atoms with E-state index in [2.05, 4.69) is 36.2 Å². The second-order valence-corrected chi connectivity index (χ2v) is 20.7. The van der Waals surface area contributed by atoms with Crippen LogP contribution in [0.4, 0.5) is 36.3 Å². The van der Waals surface area contributed by atoms with E-state index in [1.54, 1.807) is 65.4 Å². The van der Waals surface area contributed by atoms with Crippen molar-refractivity contribution in [2.45, 2.75) is 84.4 Å². The number of carbonyl (C=O) groups excluding carboxylic acids is 3. The van der Waals surface area contributed by atoms with E-state index in [0.29, 0.717) is 35.3 Å². The fourth-order valence-electron chi connectivity index (χ4n) is 7.42. The lowest BCUT2D eigenvalue weighted by molar-refractivity contribution is -0.144. The summed E-state index contributed by atoms with van der Waals surface area (Å²) in [5.74, 6) is -1.32. The molecule has 0 saturated carbocycles. The zero-order valence-electron chi connectivity index (χ0n) is 39.7. The molecule has 6 rings (SSSR count). The van der Waals surface area contributed by atoms with Crippen molar-refractivity contribution in [3.63, 3.8) is 0 Å². The Morgan fingerprint density at radius 2 is 1.70 bits per heavy atom. The molecule has 0 radical (unpaired) electrons. The summed E-state index contributed by atoms with van der Waals surface area (Å²) < 4.78 is 78.1. The maximum atomic E-state index is 14.0. The molecule has 3 unspecified atom stereocenters. The number of likely N-dealkylation sites (tertiary alicyclic amines) is 1. The number of anilines is 4. The van der Waals surface area contributed by atoms with Crippen LogP contribution in [0, 0.1) is 12.3 Å². The number of hydrogen-bond acceptors (Lipinski definition) is 14. The zero-order chi connectivity index (χ0) is 50.8. The van der Waals surface area contributed by atoms with Crippen molar-refractivity contribution in [1.82, 2.24) is 30.5 Å². The Balaban J connectivity index is 0.919. The van der Waals surface area contributed by atoms with Crippen molar-refractivity contribution in [1.29, 1.82) is 0 Å². The number of halogens is 3. The fraction of sp³-hybridized carbons (Fsp3) is 0.417. The van der Waals surface area contributed by atoms with Crippen LogP contribution in [0.15, 0.2) is 84.5 Å². The van der Waals surface area contributed by atoms with E-state index < -0.39 is 68.9 Å².